The van der Waals surface area contributed by atoms with Crippen LogP contribution < -0.4 is 5.32 Å². The van der Waals surface area contributed by atoms with Crippen LogP contribution >= 0.6 is 0 Å². The minimum absolute atomic E-state index is 0.264. The fourth-order valence-corrected chi connectivity index (χ4v) is 4.01. The molecule has 20 heavy (non-hydrogen) atoms. The Morgan fingerprint density at radius 1 is 1.05 bits per heavy atom. The number of nitrogens with zero attached hydrogens (tertiary/aromatic N) is 1. The Morgan fingerprint density at radius 2 is 1.80 bits per heavy atom. The number of rotatable bonds is 4. The van der Waals surface area contributed by atoms with Crippen molar-refractivity contribution >= 4 is 0 Å². The number of hydrogen-bond acceptors (Lipinski definition) is 2. The van der Waals surface area contributed by atoms with Crippen molar-refractivity contribution in [1.29, 1.82) is 0 Å². The molecule has 3 unspecified atom stereocenters. The van der Waals surface area contributed by atoms with Gasteiger partial charge in [-0.25, -0.2) is 0 Å². The normalized spacial score (nSPS) is 33.3. The second-order valence-corrected chi connectivity index (χ2v) is 8.23. The van der Waals surface area contributed by atoms with E-state index in [2.05, 4.69) is 37.9 Å². The first-order chi connectivity index (χ1) is 9.48. The lowest BCUT2D eigenvalue weighted by Crippen LogP contribution is -2.48. The Morgan fingerprint density at radius 3 is 2.50 bits per heavy atom. The smallest absolute Gasteiger partial charge is 0.00980 e. The lowest BCUT2D eigenvalue weighted by Gasteiger charge is -2.42. The van der Waals surface area contributed by atoms with Gasteiger partial charge < -0.3 is 10.2 Å². The quantitative estimate of drug-likeness (QED) is 0.835. The molecule has 2 nitrogen and oxygen atoms in total. The molecule has 2 fully saturated rings. The average molecular weight is 281 g/mol. The maximum Gasteiger partial charge on any atom is 0.00980 e. The van der Waals surface area contributed by atoms with Gasteiger partial charge in [0, 0.05) is 18.1 Å². The summed E-state index contributed by atoms with van der Waals surface area (Å²) < 4.78 is 0. The monoisotopic (exact) mass is 280 g/mol. The molecule has 0 aromatic rings. The second kappa shape index (κ2) is 7.26. The molecule has 118 valence electrons. The first-order valence-corrected chi connectivity index (χ1v) is 8.97. The predicted octanol–water partition coefficient (Wildman–Crippen LogP) is 4.06. The van der Waals surface area contributed by atoms with Crippen LogP contribution in [0.25, 0.3) is 0 Å². The van der Waals surface area contributed by atoms with Crippen LogP contribution in [0.15, 0.2) is 0 Å². The zero-order valence-corrected chi connectivity index (χ0v) is 14.3. The fraction of sp³-hybridized carbons (Fsp3) is 1.00. The summed E-state index contributed by atoms with van der Waals surface area (Å²) in [6, 6.07) is 0.895. The third kappa shape index (κ3) is 5.04. The van der Waals surface area contributed by atoms with Crippen LogP contribution in [0.4, 0.5) is 0 Å². The van der Waals surface area contributed by atoms with E-state index in [0.29, 0.717) is 0 Å². The number of likely N-dealkylation sites (tertiary alicyclic amines) is 1. The van der Waals surface area contributed by atoms with E-state index < -0.39 is 0 Å². The van der Waals surface area contributed by atoms with Crippen LogP contribution in [0.3, 0.4) is 0 Å². The summed E-state index contributed by atoms with van der Waals surface area (Å²) >= 11 is 0. The Balaban J connectivity index is 1.80. The van der Waals surface area contributed by atoms with Crippen molar-refractivity contribution < 1.29 is 0 Å². The van der Waals surface area contributed by atoms with Crippen LogP contribution in [0.1, 0.15) is 72.6 Å². The first kappa shape index (κ1) is 16.3. The van der Waals surface area contributed by atoms with Crippen molar-refractivity contribution in [3.63, 3.8) is 0 Å². The lowest BCUT2D eigenvalue weighted by molar-refractivity contribution is 0.0793. The van der Waals surface area contributed by atoms with E-state index >= 15 is 0 Å². The molecule has 2 heteroatoms. The molecule has 0 aromatic carbocycles. The number of hydrogen-bond donors (Lipinski definition) is 1. The molecule has 0 bridgehead atoms. The van der Waals surface area contributed by atoms with E-state index in [1.54, 1.807) is 0 Å². The highest BCUT2D eigenvalue weighted by atomic mass is 15.2. The zero-order chi connectivity index (χ0) is 14.6. The summed E-state index contributed by atoms with van der Waals surface area (Å²) in [6.07, 6.45) is 10.1. The lowest BCUT2D eigenvalue weighted by atomic mass is 9.82. The molecule has 1 aliphatic carbocycles. The molecule has 0 radical (unpaired) electrons. The van der Waals surface area contributed by atoms with Gasteiger partial charge in [0.2, 0.25) is 0 Å². The highest BCUT2D eigenvalue weighted by Gasteiger charge is 2.29. The number of nitrogens with one attached hydrogen (secondary N) is 1. The third-order valence-corrected chi connectivity index (χ3v) is 5.32. The molecule has 1 heterocycles. The van der Waals surface area contributed by atoms with Crippen molar-refractivity contribution in [1.82, 2.24) is 10.2 Å². The second-order valence-electron chi connectivity index (χ2n) is 8.23. The molecule has 3 atom stereocenters. The van der Waals surface area contributed by atoms with Crippen LogP contribution in [-0.4, -0.2) is 36.1 Å². The molecule has 2 rings (SSSR count). The van der Waals surface area contributed by atoms with E-state index in [1.807, 2.05) is 0 Å². The maximum absolute atomic E-state index is 3.71. The van der Waals surface area contributed by atoms with Gasteiger partial charge in [-0.1, -0.05) is 26.2 Å². The van der Waals surface area contributed by atoms with Crippen LogP contribution in [-0.2, 0) is 0 Å². The van der Waals surface area contributed by atoms with Crippen LogP contribution in [0.2, 0.25) is 0 Å². The van der Waals surface area contributed by atoms with Gasteiger partial charge in [0.15, 0.2) is 0 Å². The minimum Gasteiger partial charge on any atom is -0.312 e. The molecular formula is C18H36N2. The summed E-state index contributed by atoms with van der Waals surface area (Å²) in [5, 5.41) is 3.71. The van der Waals surface area contributed by atoms with Gasteiger partial charge in [-0.15, -0.1) is 0 Å². The minimum atomic E-state index is 0.264. The highest BCUT2D eigenvalue weighted by molar-refractivity contribution is 4.85. The van der Waals surface area contributed by atoms with Crippen molar-refractivity contribution in [3.05, 3.63) is 0 Å². The first-order valence-electron chi connectivity index (χ1n) is 8.97. The van der Waals surface area contributed by atoms with Gasteiger partial charge in [0.25, 0.3) is 0 Å². The Kier molecular flexibility index (Phi) is 5.92. The SMILES string of the molecule is CCC1CCCC(N2CCCC(CNC(C)(C)C)C2)C1. The summed E-state index contributed by atoms with van der Waals surface area (Å²) in [5.74, 6) is 1.87. The van der Waals surface area contributed by atoms with Gasteiger partial charge >= 0.3 is 0 Å². The van der Waals surface area contributed by atoms with Crippen LogP contribution in [0.5, 0.6) is 0 Å². The van der Waals surface area contributed by atoms with Gasteiger partial charge in [0.1, 0.15) is 0 Å². The van der Waals surface area contributed by atoms with E-state index in [1.165, 1.54) is 64.6 Å². The van der Waals surface area contributed by atoms with Crippen LogP contribution in [0, 0.1) is 11.8 Å². The molecule has 0 amide bonds. The third-order valence-electron chi connectivity index (χ3n) is 5.32. The molecule has 2 aliphatic rings. The maximum atomic E-state index is 3.71. The average Bonchev–Trinajstić information content (AvgIpc) is 2.45. The summed E-state index contributed by atoms with van der Waals surface area (Å²) in [4.78, 5) is 2.83. The Hall–Kier alpha value is -0.0800. The molecule has 1 saturated carbocycles. The summed E-state index contributed by atoms with van der Waals surface area (Å²) in [5.41, 5.74) is 0.264. The van der Waals surface area contributed by atoms with Crippen molar-refractivity contribution in [2.45, 2.75) is 84.2 Å². The van der Waals surface area contributed by atoms with Crippen molar-refractivity contribution in [3.8, 4) is 0 Å². The molecule has 0 aromatic heterocycles. The van der Waals surface area contributed by atoms with Gasteiger partial charge in [-0.3, -0.25) is 0 Å². The van der Waals surface area contributed by atoms with Gasteiger partial charge in [0.05, 0.1) is 0 Å². The molecule has 1 saturated heterocycles. The molecular weight excluding hydrogens is 244 g/mol. The summed E-state index contributed by atoms with van der Waals surface area (Å²) in [7, 11) is 0. The summed E-state index contributed by atoms with van der Waals surface area (Å²) in [6.45, 7) is 13.1. The van der Waals surface area contributed by atoms with E-state index in [0.717, 1.165) is 17.9 Å². The number of piperidine rings is 1. The fourth-order valence-electron chi connectivity index (χ4n) is 4.01. The largest absolute Gasteiger partial charge is 0.312 e. The van der Waals surface area contributed by atoms with Crippen molar-refractivity contribution in [2.24, 2.45) is 11.8 Å². The molecule has 1 aliphatic heterocycles. The standard InChI is InChI=1S/C18H36N2/c1-5-15-8-6-10-17(12-15)20-11-7-9-16(14-20)13-19-18(2,3)4/h15-17,19H,5-14H2,1-4H3. The van der Waals surface area contributed by atoms with Gasteiger partial charge in [-0.05, 0) is 71.4 Å². The highest BCUT2D eigenvalue weighted by Crippen LogP contribution is 2.32. The van der Waals surface area contributed by atoms with E-state index in [-0.39, 0.29) is 5.54 Å². The van der Waals surface area contributed by atoms with E-state index in [9.17, 15) is 0 Å². The predicted molar refractivity (Wildman–Crippen MR) is 88.1 cm³/mol. The zero-order valence-electron chi connectivity index (χ0n) is 14.3. The Bertz CT molecular complexity index is 282. The Labute approximate surface area is 126 Å². The topological polar surface area (TPSA) is 15.3 Å². The molecule has 1 N–H and O–H groups in total. The van der Waals surface area contributed by atoms with Gasteiger partial charge in [-0.2, -0.15) is 0 Å². The van der Waals surface area contributed by atoms with Crippen molar-refractivity contribution in [2.75, 3.05) is 19.6 Å². The van der Waals surface area contributed by atoms with E-state index in [4.69, 9.17) is 0 Å². The molecule has 0 spiro atoms.